The molecule has 0 aliphatic rings. The molecule has 112 valence electrons. The Morgan fingerprint density at radius 2 is 1.57 bits per heavy atom. The standard InChI is InChI=1S/C19H26N2/c1-14-7-10-17(11-8-14)21(5)13-19(20-4)18-12-15(2)6-9-16(18)3/h6-12,19-20H,13H2,1-5H3. The van der Waals surface area contributed by atoms with Crippen LogP contribution in [0.2, 0.25) is 0 Å². The summed E-state index contributed by atoms with van der Waals surface area (Å²) in [6.07, 6.45) is 0. The van der Waals surface area contributed by atoms with Crippen LogP contribution in [0, 0.1) is 20.8 Å². The Hall–Kier alpha value is -1.80. The molecule has 0 amide bonds. The molecule has 0 aromatic heterocycles. The molecule has 1 N–H and O–H groups in total. The topological polar surface area (TPSA) is 15.3 Å². The van der Waals surface area contributed by atoms with E-state index in [4.69, 9.17) is 0 Å². The van der Waals surface area contributed by atoms with Gasteiger partial charge in [0.2, 0.25) is 0 Å². The summed E-state index contributed by atoms with van der Waals surface area (Å²) in [6, 6.07) is 15.7. The number of likely N-dealkylation sites (N-methyl/N-ethyl adjacent to an activating group) is 2. The first kappa shape index (κ1) is 15.6. The molecular formula is C19H26N2. The third kappa shape index (κ3) is 3.85. The van der Waals surface area contributed by atoms with Crippen LogP contribution in [0.1, 0.15) is 28.3 Å². The Labute approximate surface area is 128 Å². The van der Waals surface area contributed by atoms with E-state index in [1.165, 1.54) is 27.9 Å². The molecular weight excluding hydrogens is 256 g/mol. The Balaban J connectivity index is 2.18. The quantitative estimate of drug-likeness (QED) is 0.891. The van der Waals surface area contributed by atoms with E-state index >= 15 is 0 Å². The van der Waals surface area contributed by atoms with E-state index in [2.05, 4.69) is 80.5 Å². The van der Waals surface area contributed by atoms with Gasteiger partial charge in [0.15, 0.2) is 0 Å². The summed E-state index contributed by atoms with van der Waals surface area (Å²) in [5.74, 6) is 0. The maximum Gasteiger partial charge on any atom is 0.0498 e. The van der Waals surface area contributed by atoms with Crippen LogP contribution in [0.25, 0.3) is 0 Å². The predicted molar refractivity (Wildman–Crippen MR) is 92.2 cm³/mol. The lowest BCUT2D eigenvalue weighted by atomic mass is 9.98. The molecule has 21 heavy (non-hydrogen) atoms. The van der Waals surface area contributed by atoms with E-state index in [9.17, 15) is 0 Å². The van der Waals surface area contributed by atoms with E-state index in [-0.39, 0.29) is 0 Å². The van der Waals surface area contributed by atoms with Crippen LogP contribution in [0.4, 0.5) is 5.69 Å². The molecule has 1 unspecified atom stereocenters. The number of rotatable bonds is 5. The largest absolute Gasteiger partial charge is 0.373 e. The molecule has 2 nitrogen and oxygen atoms in total. The Bertz CT molecular complexity index is 587. The highest BCUT2D eigenvalue weighted by atomic mass is 15.1. The highest BCUT2D eigenvalue weighted by Gasteiger charge is 2.14. The maximum absolute atomic E-state index is 3.46. The molecule has 0 heterocycles. The zero-order chi connectivity index (χ0) is 15.4. The van der Waals surface area contributed by atoms with Crippen LogP contribution in [0.3, 0.4) is 0 Å². The fraction of sp³-hybridized carbons (Fsp3) is 0.368. The van der Waals surface area contributed by atoms with Crippen molar-refractivity contribution in [1.29, 1.82) is 0 Å². The van der Waals surface area contributed by atoms with Gasteiger partial charge >= 0.3 is 0 Å². The Kier molecular flexibility index (Phi) is 5.03. The fourth-order valence-electron chi connectivity index (χ4n) is 2.66. The first-order chi connectivity index (χ1) is 10.0. The first-order valence-corrected chi connectivity index (χ1v) is 7.53. The number of benzene rings is 2. The lowest BCUT2D eigenvalue weighted by Gasteiger charge is -2.27. The van der Waals surface area contributed by atoms with Gasteiger partial charge in [-0.25, -0.2) is 0 Å². The van der Waals surface area contributed by atoms with E-state index in [1.54, 1.807) is 0 Å². The van der Waals surface area contributed by atoms with Gasteiger partial charge in [-0.15, -0.1) is 0 Å². The molecule has 0 spiro atoms. The SMILES string of the molecule is CNC(CN(C)c1ccc(C)cc1)c1cc(C)ccc1C. The minimum absolute atomic E-state index is 0.330. The molecule has 0 fully saturated rings. The molecule has 0 radical (unpaired) electrons. The van der Waals surface area contributed by atoms with E-state index < -0.39 is 0 Å². The Morgan fingerprint density at radius 1 is 0.952 bits per heavy atom. The summed E-state index contributed by atoms with van der Waals surface area (Å²) in [5, 5.41) is 3.46. The van der Waals surface area contributed by atoms with E-state index in [1.807, 2.05) is 7.05 Å². The minimum atomic E-state index is 0.330. The predicted octanol–water partition coefficient (Wildman–Crippen LogP) is 4.01. The van der Waals surface area contributed by atoms with Gasteiger partial charge in [-0.05, 0) is 51.1 Å². The average Bonchev–Trinajstić information content (AvgIpc) is 2.48. The van der Waals surface area contributed by atoms with Gasteiger partial charge in [-0.3, -0.25) is 0 Å². The van der Waals surface area contributed by atoms with E-state index in [0.717, 1.165) is 6.54 Å². The molecule has 2 rings (SSSR count). The molecule has 0 aliphatic heterocycles. The van der Waals surface area contributed by atoms with Crippen molar-refractivity contribution in [2.75, 3.05) is 25.5 Å². The molecule has 2 aromatic rings. The lowest BCUT2D eigenvalue weighted by molar-refractivity contribution is 0.586. The molecule has 0 saturated heterocycles. The van der Waals surface area contributed by atoms with Gasteiger partial charge in [0.05, 0.1) is 0 Å². The van der Waals surface area contributed by atoms with Crippen LogP contribution in [-0.4, -0.2) is 20.6 Å². The van der Waals surface area contributed by atoms with Crippen molar-refractivity contribution in [3.63, 3.8) is 0 Å². The van der Waals surface area contributed by atoms with Gasteiger partial charge in [0.1, 0.15) is 0 Å². The van der Waals surface area contributed by atoms with Gasteiger partial charge < -0.3 is 10.2 Å². The zero-order valence-electron chi connectivity index (χ0n) is 13.8. The van der Waals surface area contributed by atoms with Gasteiger partial charge in [0.25, 0.3) is 0 Å². The highest BCUT2D eigenvalue weighted by Crippen LogP contribution is 2.22. The molecule has 2 heteroatoms. The van der Waals surface area contributed by atoms with Crippen molar-refractivity contribution in [1.82, 2.24) is 5.32 Å². The van der Waals surface area contributed by atoms with Gasteiger partial charge in [-0.2, -0.15) is 0 Å². The van der Waals surface area contributed by atoms with Crippen LogP contribution in [0.5, 0.6) is 0 Å². The van der Waals surface area contributed by atoms with Crippen molar-refractivity contribution in [3.05, 3.63) is 64.7 Å². The Morgan fingerprint density at radius 3 is 2.19 bits per heavy atom. The summed E-state index contributed by atoms with van der Waals surface area (Å²) >= 11 is 0. The number of nitrogens with one attached hydrogen (secondary N) is 1. The zero-order valence-corrected chi connectivity index (χ0v) is 13.8. The summed E-state index contributed by atoms with van der Waals surface area (Å²) in [5.41, 5.74) is 6.60. The molecule has 1 atom stereocenters. The third-order valence-electron chi connectivity index (χ3n) is 4.09. The summed E-state index contributed by atoms with van der Waals surface area (Å²) in [7, 11) is 4.19. The molecule has 0 saturated carbocycles. The second kappa shape index (κ2) is 6.77. The second-order valence-corrected chi connectivity index (χ2v) is 5.92. The molecule has 2 aromatic carbocycles. The number of aryl methyl sites for hydroxylation is 3. The van der Waals surface area contributed by atoms with Gasteiger partial charge in [0, 0.05) is 25.3 Å². The van der Waals surface area contributed by atoms with E-state index in [0.29, 0.717) is 6.04 Å². The molecule has 0 bridgehead atoms. The summed E-state index contributed by atoms with van der Waals surface area (Å²) < 4.78 is 0. The average molecular weight is 282 g/mol. The van der Waals surface area contributed by atoms with Crippen molar-refractivity contribution in [2.45, 2.75) is 26.8 Å². The smallest absolute Gasteiger partial charge is 0.0498 e. The van der Waals surface area contributed by atoms with Crippen LogP contribution in [-0.2, 0) is 0 Å². The third-order valence-corrected chi connectivity index (χ3v) is 4.09. The van der Waals surface area contributed by atoms with Crippen LogP contribution < -0.4 is 10.2 Å². The van der Waals surface area contributed by atoms with Gasteiger partial charge in [-0.1, -0.05) is 41.5 Å². The molecule has 0 aliphatic carbocycles. The number of nitrogens with zero attached hydrogens (tertiary/aromatic N) is 1. The van der Waals surface area contributed by atoms with Crippen LogP contribution in [0.15, 0.2) is 42.5 Å². The van der Waals surface area contributed by atoms with Crippen molar-refractivity contribution in [2.24, 2.45) is 0 Å². The summed E-state index contributed by atoms with van der Waals surface area (Å²) in [6.45, 7) is 7.41. The summed E-state index contributed by atoms with van der Waals surface area (Å²) in [4.78, 5) is 2.31. The number of hydrogen-bond acceptors (Lipinski definition) is 2. The maximum atomic E-state index is 3.46. The normalized spacial score (nSPS) is 12.2. The first-order valence-electron chi connectivity index (χ1n) is 7.53. The van der Waals surface area contributed by atoms with Crippen molar-refractivity contribution >= 4 is 5.69 Å². The number of anilines is 1. The lowest BCUT2D eigenvalue weighted by Crippen LogP contribution is -2.31. The second-order valence-electron chi connectivity index (χ2n) is 5.92. The van der Waals surface area contributed by atoms with Crippen molar-refractivity contribution in [3.8, 4) is 0 Å². The monoisotopic (exact) mass is 282 g/mol. The fourth-order valence-corrected chi connectivity index (χ4v) is 2.66. The number of hydrogen-bond donors (Lipinski definition) is 1. The van der Waals surface area contributed by atoms with Crippen LogP contribution >= 0.6 is 0 Å². The minimum Gasteiger partial charge on any atom is -0.373 e. The highest BCUT2D eigenvalue weighted by molar-refractivity contribution is 5.47. The van der Waals surface area contributed by atoms with Crippen molar-refractivity contribution < 1.29 is 0 Å².